The number of ether oxygens (including phenoxy) is 1. The lowest BCUT2D eigenvalue weighted by molar-refractivity contribution is -0.384. The predicted octanol–water partition coefficient (Wildman–Crippen LogP) is 4.40. The van der Waals surface area contributed by atoms with Crippen molar-refractivity contribution < 1.29 is 14.8 Å². The van der Waals surface area contributed by atoms with Gasteiger partial charge in [-0.25, -0.2) is 0 Å². The molecule has 0 fully saturated rings. The molecule has 0 radical (unpaired) electrons. The molecule has 0 heterocycles. The minimum absolute atomic E-state index is 0. The van der Waals surface area contributed by atoms with Crippen LogP contribution in [-0.2, 0) is 6.42 Å². The fraction of sp³-hybridized carbons (Fsp3) is 0.208. The maximum Gasteiger partial charge on any atom is 0.271 e. The van der Waals surface area contributed by atoms with Crippen LogP contribution >= 0.6 is 24.6 Å². The second-order valence-corrected chi connectivity index (χ2v) is 7.72. The standard InChI is InChI=1S/C24H26N4O4S.ClH/c29-22(17-32-23-7-2-1-3-8-23)16-25-14-13-18-9-11-19(12-10-18)26-24(33)27-20-5-4-6-21(15-20)28(30)31;/h1-12,15,22,25,29H,13-14,16-17H2,(H2,26,27,33);1H/t22-;/m0./s1. The Morgan fingerprint density at radius 1 is 1.00 bits per heavy atom. The summed E-state index contributed by atoms with van der Waals surface area (Å²) in [6, 6.07) is 23.4. The Morgan fingerprint density at radius 3 is 2.41 bits per heavy atom. The lowest BCUT2D eigenvalue weighted by Gasteiger charge is -2.13. The molecule has 0 bridgehead atoms. The first kappa shape index (κ1) is 27.0. The molecule has 3 aromatic carbocycles. The number of aliphatic hydroxyl groups is 1. The number of thiocarbonyl (C=S) groups is 1. The summed E-state index contributed by atoms with van der Waals surface area (Å²) in [5, 5.41) is 30.5. The number of nitrogens with zero attached hydrogens (tertiary/aromatic N) is 1. The highest BCUT2D eigenvalue weighted by atomic mass is 35.5. The highest BCUT2D eigenvalue weighted by Crippen LogP contribution is 2.18. The molecule has 0 saturated heterocycles. The second kappa shape index (κ2) is 14.1. The summed E-state index contributed by atoms with van der Waals surface area (Å²) in [6.07, 6.45) is 0.222. The van der Waals surface area contributed by atoms with Gasteiger partial charge in [0, 0.05) is 30.1 Å². The number of rotatable bonds is 11. The molecule has 1 atom stereocenters. The van der Waals surface area contributed by atoms with E-state index < -0.39 is 11.0 Å². The monoisotopic (exact) mass is 502 g/mol. The number of benzene rings is 3. The van der Waals surface area contributed by atoms with Crippen molar-refractivity contribution in [3.05, 3.63) is 94.5 Å². The number of aliphatic hydroxyl groups excluding tert-OH is 1. The van der Waals surface area contributed by atoms with Crippen LogP contribution < -0.4 is 20.7 Å². The Hall–Kier alpha value is -3.24. The van der Waals surface area contributed by atoms with E-state index in [-0.39, 0.29) is 24.7 Å². The number of nitrogens with one attached hydrogen (secondary N) is 3. The molecular weight excluding hydrogens is 476 g/mol. The van der Waals surface area contributed by atoms with Gasteiger partial charge in [-0.15, -0.1) is 12.4 Å². The molecule has 0 aliphatic heterocycles. The van der Waals surface area contributed by atoms with Crippen molar-refractivity contribution in [2.45, 2.75) is 12.5 Å². The normalized spacial score (nSPS) is 11.1. The molecule has 0 aliphatic rings. The molecular formula is C24H27ClN4O4S. The first-order valence-corrected chi connectivity index (χ1v) is 10.9. The minimum Gasteiger partial charge on any atom is -0.491 e. The summed E-state index contributed by atoms with van der Waals surface area (Å²) in [5.74, 6) is 0.741. The van der Waals surface area contributed by atoms with E-state index in [1.54, 1.807) is 12.1 Å². The first-order valence-electron chi connectivity index (χ1n) is 10.5. The molecule has 0 aromatic heterocycles. The zero-order valence-electron chi connectivity index (χ0n) is 18.3. The molecule has 0 saturated carbocycles. The van der Waals surface area contributed by atoms with E-state index in [1.807, 2.05) is 54.6 Å². The van der Waals surface area contributed by atoms with Crippen LogP contribution in [0.3, 0.4) is 0 Å². The Kier molecular flexibility index (Phi) is 11.2. The quantitative estimate of drug-likeness (QED) is 0.132. The van der Waals surface area contributed by atoms with Crippen LogP contribution in [0, 0.1) is 10.1 Å². The van der Waals surface area contributed by atoms with Crippen LogP contribution in [0.5, 0.6) is 5.75 Å². The third-order valence-corrected chi connectivity index (χ3v) is 4.89. The van der Waals surface area contributed by atoms with Crippen molar-refractivity contribution in [2.75, 3.05) is 30.3 Å². The molecule has 34 heavy (non-hydrogen) atoms. The van der Waals surface area contributed by atoms with Gasteiger partial charge >= 0.3 is 0 Å². The minimum atomic E-state index is -0.587. The molecule has 0 amide bonds. The first-order chi connectivity index (χ1) is 16.0. The number of nitro groups is 1. The van der Waals surface area contributed by atoms with E-state index in [9.17, 15) is 15.2 Å². The Balaban J connectivity index is 0.00000408. The van der Waals surface area contributed by atoms with Crippen molar-refractivity contribution in [1.82, 2.24) is 5.32 Å². The van der Waals surface area contributed by atoms with Crippen molar-refractivity contribution in [3.63, 3.8) is 0 Å². The van der Waals surface area contributed by atoms with Gasteiger partial charge in [-0.3, -0.25) is 10.1 Å². The smallest absolute Gasteiger partial charge is 0.271 e. The summed E-state index contributed by atoms with van der Waals surface area (Å²) in [4.78, 5) is 10.4. The molecule has 8 nitrogen and oxygen atoms in total. The zero-order chi connectivity index (χ0) is 23.5. The largest absolute Gasteiger partial charge is 0.491 e. The van der Waals surface area contributed by atoms with Gasteiger partial charge in [-0.2, -0.15) is 0 Å². The summed E-state index contributed by atoms with van der Waals surface area (Å²) in [5.41, 5.74) is 2.49. The fourth-order valence-corrected chi connectivity index (χ4v) is 3.25. The third kappa shape index (κ3) is 9.32. The van der Waals surface area contributed by atoms with Crippen LogP contribution in [0.25, 0.3) is 0 Å². The number of non-ortho nitro benzene ring substituents is 1. The van der Waals surface area contributed by atoms with Gasteiger partial charge in [0.25, 0.3) is 5.69 Å². The maximum atomic E-state index is 10.9. The summed E-state index contributed by atoms with van der Waals surface area (Å²) >= 11 is 5.29. The Labute approximate surface area is 209 Å². The molecule has 3 rings (SSSR count). The van der Waals surface area contributed by atoms with Crippen molar-refractivity contribution in [2.24, 2.45) is 0 Å². The van der Waals surface area contributed by atoms with Gasteiger partial charge in [0.05, 0.1) is 4.92 Å². The number of nitro benzene ring substituents is 1. The van der Waals surface area contributed by atoms with Crippen molar-refractivity contribution in [1.29, 1.82) is 0 Å². The predicted molar refractivity (Wildman–Crippen MR) is 141 cm³/mol. The summed E-state index contributed by atoms with van der Waals surface area (Å²) < 4.78 is 5.54. The topological polar surface area (TPSA) is 109 Å². The average molecular weight is 503 g/mol. The van der Waals surface area contributed by atoms with E-state index in [0.717, 1.165) is 30.0 Å². The van der Waals surface area contributed by atoms with Gasteiger partial charge in [-0.1, -0.05) is 36.4 Å². The fourth-order valence-electron chi connectivity index (χ4n) is 3.01. The number of para-hydroxylation sites is 1. The van der Waals surface area contributed by atoms with Crippen LogP contribution in [0.2, 0.25) is 0 Å². The van der Waals surface area contributed by atoms with Crippen LogP contribution in [0.1, 0.15) is 5.56 Å². The number of anilines is 2. The summed E-state index contributed by atoms with van der Waals surface area (Å²) in [6.45, 7) is 1.41. The van der Waals surface area contributed by atoms with Crippen LogP contribution in [-0.4, -0.2) is 40.9 Å². The molecule has 0 aliphatic carbocycles. The van der Waals surface area contributed by atoms with Crippen LogP contribution in [0.4, 0.5) is 17.1 Å². The zero-order valence-corrected chi connectivity index (χ0v) is 20.0. The van der Waals surface area contributed by atoms with E-state index in [4.69, 9.17) is 17.0 Å². The van der Waals surface area contributed by atoms with E-state index in [0.29, 0.717) is 17.3 Å². The third-order valence-electron chi connectivity index (χ3n) is 4.68. The number of hydrogen-bond donors (Lipinski definition) is 4. The molecule has 0 unspecified atom stereocenters. The van der Waals surface area contributed by atoms with Gasteiger partial charge in [0.15, 0.2) is 5.11 Å². The van der Waals surface area contributed by atoms with Crippen molar-refractivity contribution in [3.8, 4) is 5.75 Å². The second-order valence-electron chi connectivity index (χ2n) is 7.32. The Morgan fingerprint density at radius 2 is 1.71 bits per heavy atom. The van der Waals surface area contributed by atoms with Gasteiger partial charge in [0.1, 0.15) is 18.5 Å². The highest BCUT2D eigenvalue weighted by Gasteiger charge is 2.07. The molecule has 4 N–H and O–H groups in total. The van der Waals surface area contributed by atoms with Crippen molar-refractivity contribution >= 4 is 46.8 Å². The summed E-state index contributed by atoms with van der Waals surface area (Å²) in [7, 11) is 0. The number of hydrogen-bond acceptors (Lipinski definition) is 6. The number of halogens is 1. The molecule has 3 aromatic rings. The lowest BCUT2D eigenvalue weighted by atomic mass is 10.1. The van der Waals surface area contributed by atoms with Crippen LogP contribution in [0.15, 0.2) is 78.9 Å². The van der Waals surface area contributed by atoms with Gasteiger partial charge < -0.3 is 25.8 Å². The van der Waals surface area contributed by atoms with Gasteiger partial charge in [0.2, 0.25) is 0 Å². The Bertz CT molecular complexity index is 1050. The van der Waals surface area contributed by atoms with E-state index in [2.05, 4.69) is 16.0 Å². The lowest BCUT2D eigenvalue weighted by Crippen LogP contribution is -2.32. The molecule has 180 valence electrons. The average Bonchev–Trinajstić information content (AvgIpc) is 2.82. The highest BCUT2D eigenvalue weighted by molar-refractivity contribution is 7.80. The van der Waals surface area contributed by atoms with E-state index >= 15 is 0 Å². The molecule has 0 spiro atoms. The van der Waals surface area contributed by atoms with Gasteiger partial charge in [-0.05, 0) is 61.1 Å². The van der Waals surface area contributed by atoms with E-state index in [1.165, 1.54) is 12.1 Å². The maximum absolute atomic E-state index is 10.9. The SMILES string of the molecule is Cl.O=[N+]([O-])c1cccc(NC(=S)Nc2ccc(CCNC[C@H](O)COc3ccccc3)cc2)c1. The molecule has 10 heteroatoms.